The van der Waals surface area contributed by atoms with Crippen molar-refractivity contribution in [1.29, 1.82) is 0 Å². The fourth-order valence-corrected chi connectivity index (χ4v) is 14.5. The second-order valence-electron chi connectivity index (χ2n) is 37.8. The van der Waals surface area contributed by atoms with E-state index in [2.05, 4.69) is 65.7 Å². The molecule has 0 spiro atoms. The first-order valence-electron chi connectivity index (χ1n) is 43.1. The lowest BCUT2D eigenvalue weighted by Crippen LogP contribution is -2.42. The van der Waals surface area contributed by atoms with Gasteiger partial charge in [0.2, 0.25) is 0 Å². The summed E-state index contributed by atoms with van der Waals surface area (Å²) in [7, 11) is 0. The number of carbonyl (C=O) groups excluding carboxylic acids is 6. The van der Waals surface area contributed by atoms with Crippen LogP contribution in [0, 0.1) is 38.4 Å². The Morgan fingerprint density at radius 1 is 0.364 bits per heavy atom. The predicted octanol–water partition coefficient (Wildman–Crippen LogP) is 27.0. The topological polar surface area (TPSA) is 158 Å². The van der Waals surface area contributed by atoms with E-state index >= 15 is 0 Å². The summed E-state index contributed by atoms with van der Waals surface area (Å²) in [5.41, 5.74) is 0.329. The zero-order chi connectivity index (χ0) is 81.4. The molecule has 7 fully saturated rings. The average Bonchev–Trinajstić information content (AvgIpc) is 1.72. The Morgan fingerprint density at radius 2 is 0.617 bits per heavy atom. The molecule has 0 aromatic carbocycles. The monoisotopic (exact) mass is 1500 g/mol. The SMILES string of the molecule is C/C=C/C1(OC(=O)C(C)(C)CC)CCCCC1.C=C(C)C1(OC(=O)C(C)(C)CC)CCCC1.C=C(C)C1(OC(=O)C(C)(C)CC)CCCCC1.C=CC1(OC(=O)C(C)(C)CC)CCCCCCC1.CCC(C)(C)C(=O)OC1(C=C(C)C)CCC(C)CC1.CCC(C)(C)C(=O)OC1(C=C2CCCC2)CCCCC1. The zero-order valence-electron chi connectivity index (χ0n) is 73.8. The molecule has 0 heterocycles. The molecule has 7 saturated carbocycles. The van der Waals surface area contributed by atoms with Crippen molar-refractivity contribution in [1.82, 2.24) is 0 Å². The highest BCUT2D eigenvalue weighted by Gasteiger charge is 2.46. The first kappa shape index (κ1) is 98.3. The second-order valence-corrected chi connectivity index (χ2v) is 37.8. The molecule has 7 aliphatic rings. The molecule has 12 heteroatoms. The van der Waals surface area contributed by atoms with E-state index in [9.17, 15) is 28.8 Å². The second kappa shape index (κ2) is 44.5. The molecular weight excluding hydrogens is 1330 g/mol. The van der Waals surface area contributed by atoms with Crippen LogP contribution in [0.25, 0.3) is 0 Å². The first-order chi connectivity index (χ1) is 49.8. The van der Waals surface area contributed by atoms with Crippen LogP contribution in [0.15, 0.2) is 72.4 Å². The lowest BCUT2D eigenvalue weighted by Gasteiger charge is -2.39. The number of allylic oxidation sites excluding steroid dienone is 3. The molecule has 0 amide bonds. The number of esters is 6. The van der Waals surface area contributed by atoms with Crippen LogP contribution >= 0.6 is 0 Å². The lowest BCUT2D eigenvalue weighted by molar-refractivity contribution is -0.170. The third-order valence-electron chi connectivity index (χ3n) is 25.8. The fourth-order valence-electron chi connectivity index (χ4n) is 14.5. The Balaban J connectivity index is 0.000000437. The van der Waals surface area contributed by atoms with Gasteiger partial charge < -0.3 is 28.4 Å². The largest absolute Gasteiger partial charge is 0.454 e. The molecule has 0 atom stereocenters. The van der Waals surface area contributed by atoms with Gasteiger partial charge in [-0.25, -0.2) is 0 Å². The normalized spacial score (nSPS) is 21.9. The summed E-state index contributed by atoms with van der Waals surface area (Å²) in [5.74, 6) is 0.380. The van der Waals surface area contributed by atoms with E-state index < -0.39 is 11.0 Å². The van der Waals surface area contributed by atoms with Gasteiger partial charge in [-0.3, -0.25) is 28.8 Å². The molecule has 0 aromatic heterocycles. The van der Waals surface area contributed by atoms with Gasteiger partial charge in [-0.05, 0) is 377 Å². The van der Waals surface area contributed by atoms with Gasteiger partial charge in [0.15, 0.2) is 0 Å². The van der Waals surface area contributed by atoms with Crippen molar-refractivity contribution < 1.29 is 57.2 Å². The van der Waals surface area contributed by atoms with Crippen molar-refractivity contribution in [3.8, 4) is 0 Å². The van der Waals surface area contributed by atoms with Crippen LogP contribution < -0.4 is 0 Å². The van der Waals surface area contributed by atoms with Gasteiger partial charge in [0.05, 0.1) is 32.5 Å². The van der Waals surface area contributed by atoms with Gasteiger partial charge in [0.25, 0.3) is 0 Å². The molecule has 0 unspecified atom stereocenters. The molecular formula is C95H164O12. The highest BCUT2D eigenvalue weighted by atomic mass is 16.6. The van der Waals surface area contributed by atoms with Crippen LogP contribution in [0.5, 0.6) is 0 Å². The van der Waals surface area contributed by atoms with E-state index in [0.717, 1.165) is 197 Å². The highest BCUT2D eigenvalue weighted by Crippen LogP contribution is 2.45. The maximum absolute atomic E-state index is 12.5. The molecule has 0 bridgehead atoms. The Labute approximate surface area is 657 Å². The van der Waals surface area contributed by atoms with E-state index in [1.165, 1.54) is 88.2 Å². The van der Waals surface area contributed by atoms with Gasteiger partial charge in [-0.15, -0.1) is 0 Å². The molecule has 0 saturated heterocycles. The van der Waals surface area contributed by atoms with E-state index in [1.807, 2.05) is 151 Å². The fraction of sp³-hybridized carbons (Fsp3) is 0.811. The van der Waals surface area contributed by atoms with Gasteiger partial charge in [-0.2, -0.15) is 0 Å². The quantitative estimate of drug-likeness (QED) is 0.0512. The van der Waals surface area contributed by atoms with Gasteiger partial charge in [0, 0.05) is 0 Å². The molecule has 107 heavy (non-hydrogen) atoms. The van der Waals surface area contributed by atoms with Crippen molar-refractivity contribution >= 4 is 35.8 Å². The summed E-state index contributed by atoms with van der Waals surface area (Å²) in [4.78, 5) is 73.6. The number of ether oxygens (including phenoxy) is 6. The first-order valence-corrected chi connectivity index (χ1v) is 43.1. The third-order valence-corrected chi connectivity index (χ3v) is 25.8. The predicted molar refractivity (Wildman–Crippen MR) is 446 cm³/mol. The number of hydrogen-bond donors (Lipinski definition) is 0. The van der Waals surface area contributed by atoms with Crippen LogP contribution in [-0.4, -0.2) is 69.4 Å². The molecule has 0 aromatic rings. The summed E-state index contributed by atoms with van der Waals surface area (Å²) < 4.78 is 35.4. The zero-order valence-corrected chi connectivity index (χ0v) is 73.8. The van der Waals surface area contributed by atoms with Crippen LogP contribution in [-0.2, 0) is 57.2 Å². The van der Waals surface area contributed by atoms with Crippen molar-refractivity contribution in [2.45, 2.75) is 457 Å². The Hall–Kier alpha value is -4.74. The minimum Gasteiger partial charge on any atom is -0.454 e. The van der Waals surface area contributed by atoms with Crippen molar-refractivity contribution in [2.75, 3.05) is 0 Å². The van der Waals surface area contributed by atoms with Gasteiger partial charge >= 0.3 is 35.8 Å². The van der Waals surface area contributed by atoms with Crippen molar-refractivity contribution in [2.24, 2.45) is 38.4 Å². The molecule has 0 radical (unpaired) electrons. The highest BCUT2D eigenvalue weighted by molar-refractivity contribution is 5.79. The number of rotatable bonds is 24. The summed E-state index contributed by atoms with van der Waals surface area (Å²) in [6.07, 6.45) is 53.2. The van der Waals surface area contributed by atoms with Crippen LogP contribution in [0.3, 0.4) is 0 Å². The third kappa shape index (κ3) is 31.4. The summed E-state index contributed by atoms with van der Waals surface area (Å²) >= 11 is 0. The average molecular weight is 1500 g/mol. The summed E-state index contributed by atoms with van der Waals surface area (Å²) in [6, 6.07) is 0. The van der Waals surface area contributed by atoms with E-state index in [1.54, 1.807) is 0 Å². The Morgan fingerprint density at radius 3 is 0.916 bits per heavy atom. The maximum atomic E-state index is 12.5. The van der Waals surface area contributed by atoms with Crippen LogP contribution in [0.1, 0.15) is 423 Å². The summed E-state index contributed by atoms with van der Waals surface area (Å²) in [6.45, 7) is 60.1. The van der Waals surface area contributed by atoms with Crippen molar-refractivity contribution in [3.05, 3.63) is 72.4 Å². The molecule has 7 aliphatic carbocycles. The van der Waals surface area contributed by atoms with Crippen LogP contribution in [0.2, 0.25) is 0 Å². The molecule has 7 rings (SSSR count). The van der Waals surface area contributed by atoms with E-state index in [-0.39, 0.29) is 90.9 Å². The Kier molecular flexibility index (Phi) is 40.9. The molecule has 12 nitrogen and oxygen atoms in total. The summed E-state index contributed by atoms with van der Waals surface area (Å²) in [5, 5.41) is 0. The molecule has 0 N–H and O–H groups in total. The number of hydrogen-bond acceptors (Lipinski definition) is 12. The lowest BCUT2D eigenvalue weighted by atomic mass is 9.78. The standard InChI is InChI=1S/C18H30O2.C17H30O2.C16H28O2.2C15H26O2.C14H24O2/c1-4-17(2,3)16(19)20-18(12-8-5-9-13-18)14-15-10-6-7-11-15;1-7-16(5,6)15(18)19-17(12-13(2)3)10-8-14(4)9-11-17;1-5-15(3,4)14(17)18-16(6-2)12-10-8-7-9-11-13-16;1-6-14(4,5)13(16)17-15(12(2)3)10-8-7-9-11-15;1-5-10-15(11-8-7-9-12-15)17-13(16)14(3,4)6-2;1-6-13(4,5)12(15)16-14(11(2)3)9-7-8-10-14/h14H,4-13H2,1-3H3;12,14H,7-11H2,1-6H3;6H,2,5,7-13H2,1,3-4H3;2,6-11H2,1,3-5H3;5,10H,6-9,11-12H2,1-4H3;2,6-10H2,1,3-5H3/b;;;;10-5+;. The minimum atomic E-state index is -0.413. The smallest absolute Gasteiger partial charge is 0.312 e. The minimum absolute atomic E-state index is 0.0169. The molecule has 616 valence electrons. The Bertz CT molecular complexity index is 2850. The molecule has 0 aliphatic heterocycles. The van der Waals surface area contributed by atoms with Gasteiger partial charge in [-0.1, -0.05) is 124 Å². The number of carbonyl (C=O) groups is 6. The van der Waals surface area contributed by atoms with E-state index in [0.29, 0.717) is 0 Å². The van der Waals surface area contributed by atoms with Gasteiger partial charge in [0.1, 0.15) is 33.6 Å². The van der Waals surface area contributed by atoms with Crippen LogP contribution in [0.4, 0.5) is 0 Å². The van der Waals surface area contributed by atoms with Crippen molar-refractivity contribution in [3.63, 3.8) is 0 Å². The maximum Gasteiger partial charge on any atom is 0.312 e. The van der Waals surface area contributed by atoms with E-state index in [4.69, 9.17) is 28.4 Å².